The first-order valence-corrected chi connectivity index (χ1v) is 16.0. The number of hydrogen-bond donors (Lipinski definition) is 2. The molecule has 0 heterocycles. The maximum atomic E-state index is 11.8. The van der Waals surface area contributed by atoms with Gasteiger partial charge in [-0.05, 0) is 97.7 Å². The van der Waals surface area contributed by atoms with Crippen molar-refractivity contribution in [1.29, 1.82) is 0 Å². The summed E-state index contributed by atoms with van der Waals surface area (Å²) < 4.78 is 38.0. The van der Waals surface area contributed by atoms with Crippen LogP contribution in [0.3, 0.4) is 0 Å². The van der Waals surface area contributed by atoms with Crippen LogP contribution in [0, 0.1) is 46.3 Å². The van der Waals surface area contributed by atoms with Gasteiger partial charge in [-0.25, -0.2) is 0 Å². The van der Waals surface area contributed by atoms with Crippen molar-refractivity contribution in [3.8, 4) is 0 Å². The zero-order valence-corrected chi connectivity index (χ0v) is 24.0. The minimum Gasteiger partial charge on any atom is -0.469 e. The van der Waals surface area contributed by atoms with Gasteiger partial charge >= 0.3 is 5.97 Å². The van der Waals surface area contributed by atoms with Crippen molar-refractivity contribution < 1.29 is 37.1 Å². The summed E-state index contributed by atoms with van der Waals surface area (Å²) in [6, 6.07) is 0. The molecule has 0 aromatic heterocycles. The van der Waals surface area contributed by atoms with Gasteiger partial charge in [-0.1, -0.05) is 20.8 Å². The van der Waals surface area contributed by atoms with Gasteiger partial charge in [-0.2, -0.15) is 8.42 Å². The molecule has 214 valence electrons. The Labute approximate surface area is 222 Å². The molecule has 0 aromatic carbocycles. The quantitative estimate of drug-likeness (QED) is 0.257. The Bertz CT molecular complexity index is 923. The van der Waals surface area contributed by atoms with E-state index in [0.29, 0.717) is 24.2 Å². The number of rotatable bonds is 9. The fraction of sp³-hybridized carbons (Fsp3) is 0.964. The maximum absolute atomic E-state index is 11.8. The average molecular weight is 545 g/mol. The Kier molecular flexibility index (Phi) is 8.72. The third-order valence-electron chi connectivity index (χ3n) is 11.3. The van der Waals surface area contributed by atoms with E-state index in [4.69, 9.17) is 13.7 Å². The van der Waals surface area contributed by atoms with Gasteiger partial charge in [0.25, 0.3) is 10.1 Å². The fourth-order valence-corrected chi connectivity index (χ4v) is 9.69. The first-order valence-electron chi connectivity index (χ1n) is 14.2. The smallest absolute Gasteiger partial charge is 0.305 e. The van der Waals surface area contributed by atoms with Gasteiger partial charge in [0.2, 0.25) is 0 Å². The summed E-state index contributed by atoms with van der Waals surface area (Å²) in [5, 5.41) is 23.3. The van der Waals surface area contributed by atoms with Crippen molar-refractivity contribution in [2.75, 3.05) is 26.6 Å². The number of carbonyl (C=O) groups excluding carboxylic acids is 1. The Morgan fingerprint density at radius 3 is 2.46 bits per heavy atom. The lowest BCUT2D eigenvalue weighted by Crippen LogP contribution is -2.62. The van der Waals surface area contributed by atoms with Crippen molar-refractivity contribution in [2.24, 2.45) is 46.3 Å². The first-order chi connectivity index (χ1) is 17.3. The topological polar surface area (TPSA) is 119 Å². The van der Waals surface area contributed by atoms with Crippen molar-refractivity contribution in [2.45, 2.75) is 96.9 Å². The second-order valence-corrected chi connectivity index (χ2v) is 14.6. The van der Waals surface area contributed by atoms with Crippen LogP contribution in [0.15, 0.2) is 0 Å². The monoisotopic (exact) mass is 544 g/mol. The van der Waals surface area contributed by atoms with E-state index >= 15 is 0 Å². The molecule has 2 unspecified atom stereocenters. The van der Waals surface area contributed by atoms with Gasteiger partial charge in [0.05, 0.1) is 44.9 Å². The SMILES string of the molecule is COC(=O)CCC(C)C1CC[C@H]2[C@@H]3[C@H](O)C[C@@H]4C[C@@H](OCCOS(C)(=O)=O)CC[C@]4(C)[C@H]3C[C@H](O)[C@]12C. The number of aliphatic hydroxyl groups excluding tert-OH is 2. The first kappa shape index (κ1) is 29.2. The van der Waals surface area contributed by atoms with Crippen LogP contribution in [0.2, 0.25) is 0 Å². The van der Waals surface area contributed by atoms with Crippen LogP contribution in [0.4, 0.5) is 0 Å². The Morgan fingerprint density at radius 1 is 1.05 bits per heavy atom. The number of fused-ring (bicyclic) bond motifs is 5. The molecular weight excluding hydrogens is 496 g/mol. The lowest BCUT2D eigenvalue weighted by atomic mass is 9.43. The standard InChI is InChI=1S/C28H48O8S/c1-17(6-9-25(31)34-4)20-7-8-21-26-22(16-24(30)28(20,21)3)27(2)11-10-19(14-18(27)15-23(26)29)35-12-13-36-37(5,32)33/h17-24,26,29-30H,6-16H2,1-5H3/t17?,18-,19-,20?,21-,22-,23+,24-,26-,27-,28+/m0/s1. The van der Waals surface area contributed by atoms with Crippen LogP contribution in [0.25, 0.3) is 0 Å². The van der Waals surface area contributed by atoms with Crippen molar-refractivity contribution in [3.63, 3.8) is 0 Å². The highest BCUT2D eigenvalue weighted by Gasteiger charge is 2.65. The van der Waals surface area contributed by atoms with Crippen LogP contribution in [0.1, 0.15) is 78.6 Å². The highest BCUT2D eigenvalue weighted by Crippen LogP contribution is 2.68. The van der Waals surface area contributed by atoms with Crippen LogP contribution in [-0.4, -0.2) is 69.5 Å². The molecule has 0 amide bonds. The lowest BCUT2D eigenvalue weighted by molar-refractivity contribution is -0.209. The highest BCUT2D eigenvalue weighted by atomic mass is 32.2. The number of aliphatic hydroxyl groups is 2. The van der Waals surface area contributed by atoms with E-state index in [1.54, 1.807) is 0 Å². The minimum absolute atomic E-state index is 0.0241. The molecule has 0 spiro atoms. The van der Waals surface area contributed by atoms with Crippen LogP contribution in [-0.2, 0) is 28.6 Å². The Morgan fingerprint density at radius 2 is 1.78 bits per heavy atom. The third kappa shape index (κ3) is 5.63. The van der Waals surface area contributed by atoms with Gasteiger partial charge in [-0.15, -0.1) is 0 Å². The number of ether oxygens (including phenoxy) is 2. The largest absolute Gasteiger partial charge is 0.469 e. The summed E-state index contributed by atoms with van der Waals surface area (Å²) >= 11 is 0. The lowest BCUT2D eigenvalue weighted by Gasteiger charge is -2.63. The van der Waals surface area contributed by atoms with Gasteiger partial charge in [0.1, 0.15) is 0 Å². The predicted molar refractivity (Wildman–Crippen MR) is 139 cm³/mol. The van der Waals surface area contributed by atoms with E-state index in [0.717, 1.165) is 57.6 Å². The number of hydrogen-bond acceptors (Lipinski definition) is 8. The zero-order valence-electron chi connectivity index (χ0n) is 23.2. The van der Waals surface area contributed by atoms with Crippen LogP contribution >= 0.6 is 0 Å². The van der Waals surface area contributed by atoms with Gasteiger partial charge < -0.3 is 19.7 Å². The molecule has 4 rings (SSSR count). The molecule has 37 heavy (non-hydrogen) atoms. The molecule has 4 aliphatic carbocycles. The van der Waals surface area contributed by atoms with Gasteiger partial charge in [0, 0.05) is 6.42 Å². The minimum atomic E-state index is -3.47. The molecule has 4 aliphatic rings. The van der Waals surface area contributed by atoms with Crippen LogP contribution < -0.4 is 0 Å². The van der Waals surface area contributed by atoms with Crippen molar-refractivity contribution in [1.82, 2.24) is 0 Å². The molecule has 0 aromatic rings. The van der Waals surface area contributed by atoms with E-state index in [2.05, 4.69) is 20.8 Å². The summed E-state index contributed by atoms with van der Waals surface area (Å²) in [6.07, 6.45) is 7.69. The summed E-state index contributed by atoms with van der Waals surface area (Å²) in [7, 11) is -2.04. The van der Waals surface area contributed by atoms with E-state index < -0.39 is 22.3 Å². The molecule has 4 saturated carbocycles. The average Bonchev–Trinajstić information content (AvgIpc) is 3.19. The van der Waals surface area contributed by atoms with E-state index in [1.165, 1.54) is 7.11 Å². The maximum Gasteiger partial charge on any atom is 0.305 e. The van der Waals surface area contributed by atoms with Crippen molar-refractivity contribution in [3.05, 3.63) is 0 Å². The second-order valence-electron chi connectivity index (χ2n) is 13.0. The molecule has 11 atom stereocenters. The van der Waals surface area contributed by atoms with E-state index in [-0.39, 0.29) is 53.9 Å². The molecular formula is C28H48O8S. The molecule has 2 N–H and O–H groups in total. The van der Waals surface area contributed by atoms with Gasteiger partial charge in [0.15, 0.2) is 0 Å². The molecule has 9 heteroatoms. The fourth-order valence-electron chi connectivity index (χ4n) is 9.32. The predicted octanol–water partition coefficient (Wildman–Crippen LogP) is 3.54. The van der Waals surface area contributed by atoms with E-state index in [1.807, 2.05) is 0 Å². The number of esters is 1. The molecule has 0 aliphatic heterocycles. The Hall–Kier alpha value is -0.740. The van der Waals surface area contributed by atoms with Gasteiger partial charge in [-0.3, -0.25) is 8.98 Å². The Balaban J connectivity index is 1.44. The molecule has 0 saturated heterocycles. The van der Waals surface area contributed by atoms with Crippen LogP contribution in [0.5, 0.6) is 0 Å². The normalized spacial score (nSPS) is 44.4. The van der Waals surface area contributed by atoms with Crippen molar-refractivity contribution >= 4 is 16.1 Å². The zero-order chi connectivity index (χ0) is 27.2. The summed E-state index contributed by atoms with van der Waals surface area (Å²) in [5.74, 6) is 1.51. The molecule has 4 fully saturated rings. The highest BCUT2D eigenvalue weighted by molar-refractivity contribution is 7.85. The third-order valence-corrected chi connectivity index (χ3v) is 11.9. The number of methoxy groups -OCH3 is 1. The second kappa shape index (κ2) is 11.0. The van der Waals surface area contributed by atoms with E-state index in [9.17, 15) is 23.4 Å². The number of carbonyl (C=O) groups is 1. The summed E-state index contributed by atoms with van der Waals surface area (Å²) in [6.45, 7) is 7.08. The molecule has 0 radical (unpaired) electrons. The molecule has 8 nitrogen and oxygen atoms in total. The summed E-state index contributed by atoms with van der Waals surface area (Å²) in [4.78, 5) is 11.8. The molecule has 0 bridgehead atoms. The summed E-state index contributed by atoms with van der Waals surface area (Å²) in [5.41, 5.74) is -0.204.